The molecule has 1 atom stereocenters. The monoisotopic (exact) mass is 318 g/mol. The van der Waals surface area contributed by atoms with Crippen molar-refractivity contribution in [3.8, 4) is 0 Å². The first-order valence-corrected chi connectivity index (χ1v) is 7.14. The van der Waals surface area contributed by atoms with Crippen molar-refractivity contribution < 1.29 is 0 Å². The van der Waals surface area contributed by atoms with E-state index in [4.69, 9.17) is 5.73 Å². The Kier molecular flexibility index (Phi) is 4.27. The lowest BCUT2D eigenvalue weighted by atomic mass is 10.1. The standard InChI is InChI=1S/C16H19BrN2/c1-11-6-4-5-7-16(11)19(3)13-8-9-14(12(2)18)15(17)10-13/h4-10,12H,18H2,1-3H3/t12-/m1/s1. The van der Waals surface area contributed by atoms with Crippen LogP contribution in [0, 0.1) is 6.92 Å². The van der Waals surface area contributed by atoms with Crippen LogP contribution in [0.25, 0.3) is 0 Å². The number of benzene rings is 2. The maximum Gasteiger partial charge on any atom is 0.0437 e. The molecule has 0 saturated carbocycles. The molecule has 0 unspecified atom stereocenters. The highest BCUT2D eigenvalue weighted by Crippen LogP contribution is 2.31. The van der Waals surface area contributed by atoms with E-state index in [0.29, 0.717) is 0 Å². The van der Waals surface area contributed by atoms with Crippen molar-refractivity contribution in [2.75, 3.05) is 11.9 Å². The first-order valence-electron chi connectivity index (χ1n) is 6.35. The molecule has 0 radical (unpaired) electrons. The van der Waals surface area contributed by atoms with Crippen LogP contribution in [0.2, 0.25) is 0 Å². The van der Waals surface area contributed by atoms with Crippen LogP contribution in [0.15, 0.2) is 46.9 Å². The molecule has 0 aliphatic carbocycles. The van der Waals surface area contributed by atoms with Gasteiger partial charge in [0.1, 0.15) is 0 Å². The molecule has 3 heteroatoms. The third kappa shape index (κ3) is 2.99. The van der Waals surface area contributed by atoms with Gasteiger partial charge in [0, 0.05) is 28.9 Å². The van der Waals surface area contributed by atoms with E-state index in [2.05, 4.69) is 77.3 Å². The highest BCUT2D eigenvalue weighted by molar-refractivity contribution is 9.10. The summed E-state index contributed by atoms with van der Waals surface area (Å²) in [6, 6.07) is 14.7. The van der Waals surface area contributed by atoms with Gasteiger partial charge in [0.15, 0.2) is 0 Å². The summed E-state index contributed by atoms with van der Waals surface area (Å²) in [5.41, 5.74) is 10.7. The lowest BCUT2D eigenvalue weighted by Gasteiger charge is -2.22. The van der Waals surface area contributed by atoms with Crippen molar-refractivity contribution in [3.63, 3.8) is 0 Å². The predicted octanol–water partition coefficient (Wildman–Crippen LogP) is 4.55. The number of hydrogen-bond donors (Lipinski definition) is 1. The molecule has 0 saturated heterocycles. The molecule has 2 rings (SSSR count). The summed E-state index contributed by atoms with van der Waals surface area (Å²) >= 11 is 3.60. The van der Waals surface area contributed by atoms with Gasteiger partial charge in [-0.25, -0.2) is 0 Å². The largest absolute Gasteiger partial charge is 0.344 e. The van der Waals surface area contributed by atoms with Gasteiger partial charge in [-0.05, 0) is 43.2 Å². The summed E-state index contributed by atoms with van der Waals surface area (Å²) in [5.74, 6) is 0. The van der Waals surface area contributed by atoms with Gasteiger partial charge in [0.2, 0.25) is 0 Å². The first kappa shape index (κ1) is 14.1. The number of aryl methyl sites for hydroxylation is 1. The molecule has 0 aromatic heterocycles. The lowest BCUT2D eigenvalue weighted by molar-refractivity contribution is 0.813. The number of nitrogens with zero attached hydrogens (tertiary/aromatic N) is 1. The van der Waals surface area contributed by atoms with Gasteiger partial charge in [0.05, 0.1) is 0 Å². The molecule has 2 aromatic rings. The quantitative estimate of drug-likeness (QED) is 0.899. The molecule has 2 aromatic carbocycles. The topological polar surface area (TPSA) is 29.3 Å². The third-order valence-corrected chi connectivity index (χ3v) is 4.03. The van der Waals surface area contributed by atoms with E-state index in [1.807, 2.05) is 6.92 Å². The summed E-state index contributed by atoms with van der Waals surface area (Å²) in [4.78, 5) is 2.19. The Balaban J connectivity index is 2.38. The first-order chi connectivity index (χ1) is 9.00. The van der Waals surface area contributed by atoms with E-state index >= 15 is 0 Å². The van der Waals surface area contributed by atoms with Gasteiger partial charge in [0.25, 0.3) is 0 Å². The summed E-state index contributed by atoms with van der Waals surface area (Å²) in [6.07, 6.45) is 0. The molecule has 2 N–H and O–H groups in total. The summed E-state index contributed by atoms with van der Waals surface area (Å²) in [5, 5.41) is 0. The fraction of sp³-hybridized carbons (Fsp3) is 0.250. The highest BCUT2D eigenvalue weighted by atomic mass is 79.9. The molecule has 100 valence electrons. The maximum absolute atomic E-state index is 5.93. The Morgan fingerprint density at radius 1 is 1.16 bits per heavy atom. The van der Waals surface area contributed by atoms with Crippen LogP contribution in [0.4, 0.5) is 11.4 Å². The molecule has 0 aliphatic rings. The van der Waals surface area contributed by atoms with Crippen LogP contribution in [-0.4, -0.2) is 7.05 Å². The summed E-state index contributed by atoms with van der Waals surface area (Å²) in [6.45, 7) is 4.11. The fourth-order valence-corrected chi connectivity index (χ4v) is 2.90. The second-order valence-electron chi connectivity index (χ2n) is 4.84. The zero-order valence-corrected chi connectivity index (χ0v) is 13.1. The van der Waals surface area contributed by atoms with Crippen molar-refractivity contribution in [3.05, 3.63) is 58.1 Å². The number of nitrogens with two attached hydrogens (primary N) is 1. The van der Waals surface area contributed by atoms with E-state index in [-0.39, 0.29) is 6.04 Å². The molecule has 0 bridgehead atoms. The summed E-state index contributed by atoms with van der Waals surface area (Å²) < 4.78 is 1.06. The van der Waals surface area contributed by atoms with Crippen LogP contribution in [0.1, 0.15) is 24.1 Å². The van der Waals surface area contributed by atoms with E-state index in [0.717, 1.165) is 15.7 Å². The Bertz CT molecular complexity index is 579. The van der Waals surface area contributed by atoms with Crippen molar-refractivity contribution in [1.29, 1.82) is 0 Å². The van der Waals surface area contributed by atoms with E-state index in [1.54, 1.807) is 0 Å². The van der Waals surface area contributed by atoms with Gasteiger partial charge in [-0.2, -0.15) is 0 Å². The lowest BCUT2D eigenvalue weighted by Crippen LogP contribution is -2.12. The Morgan fingerprint density at radius 3 is 2.42 bits per heavy atom. The van der Waals surface area contributed by atoms with E-state index in [9.17, 15) is 0 Å². The molecule has 2 nitrogen and oxygen atoms in total. The average molecular weight is 319 g/mol. The minimum absolute atomic E-state index is 0.0344. The van der Waals surface area contributed by atoms with Crippen LogP contribution in [0.5, 0.6) is 0 Å². The van der Waals surface area contributed by atoms with Gasteiger partial charge < -0.3 is 10.6 Å². The zero-order valence-electron chi connectivity index (χ0n) is 11.5. The van der Waals surface area contributed by atoms with Crippen molar-refractivity contribution in [2.45, 2.75) is 19.9 Å². The molecular weight excluding hydrogens is 300 g/mol. The molecule has 19 heavy (non-hydrogen) atoms. The van der Waals surface area contributed by atoms with Crippen LogP contribution in [-0.2, 0) is 0 Å². The van der Waals surface area contributed by atoms with Crippen LogP contribution < -0.4 is 10.6 Å². The predicted molar refractivity (Wildman–Crippen MR) is 86.0 cm³/mol. The smallest absolute Gasteiger partial charge is 0.0437 e. The second-order valence-corrected chi connectivity index (χ2v) is 5.69. The number of anilines is 2. The number of halogens is 1. The SMILES string of the molecule is Cc1ccccc1N(C)c1ccc([C@@H](C)N)c(Br)c1. The Labute approximate surface area is 123 Å². The number of hydrogen-bond acceptors (Lipinski definition) is 2. The normalized spacial score (nSPS) is 12.3. The Hall–Kier alpha value is -1.32. The number of rotatable bonds is 3. The van der Waals surface area contributed by atoms with Crippen LogP contribution >= 0.6 is 15.9 Å². The highest BCUT2D eigenvalue weighted by Gasteiger charge is 2.10. The molecule has 0 amide bonds. The van der Waals surface area contributed by atoms with Gasteiger partial charge >= 0.3 is 0 Å². The van der Waals surface area contributed by atoms with Crippen molar-refractivity contribution in [2.24, 2.45) is 5.73 Å². The maximum atomic E-state index is 5.93. The summed E-state index contributed by atoms with van der Waals surface area (Å²) in [7, 11) is 2.08. The van der Waals surface area contributed by atoms with Gasteiger partial charge in [-0.1, -0.05) is 40.2 Å². The number of para-hydroxylation sites is 1. The molecule has 0 spiro atoms. The van der Waals surface area contributed by atoms with E-state index in [1.165, 1.54) is 11.3 Å². The molecule has 0 fully saturated rings. The molecule has 0 aliphatic heterocycles. The average Bonchev–Trinajstić information content (AvgIpc) is 2.38. The second kappa shape index (κ2) is 5.76. The van der Waals surface area contributed by atoms with Gasteiger partial charge in [-0.15, -0.1) is 0 Å². The molecular formula is C16H19BrN2. The zero-order chi connectivity index (χ0) is 14.0. The Morgan fingerprint density at radius 2 is 1.84 bits per heavy atom. The van der Waals surface area contributed by atoms with Crippen LogP contribution in [0.3, 0.4) is 0 Å². The third-order valence-electron chi connectivity index (χ3n) is 3.34. The fourth-order valence-electron chi connectivity index (χ4n) is 2.17. The molecule has 0 heterocycles. The van der Waals surface area contributed by atoms with Gasteiger partial charge in [-0.3, -0.25) is 0 Å². The van der Waals surface area contributed by atoms with Crippen molar-refractivity contribution in [1.82, 2.24) is 0 Å². The minimum atomic E-state index is 0.0344. The van der Waals surface area contributed by atoms with E-state index < -0.39 is 0 Å². The van der Waals surface area contributed by atoms with Crippen molar-refractivity contribution >= 4 is 27.3 Å². The minimum Gasteiger partial charge on any atom is -0.344 e.